The third-order valence-electron chi connectivity index (χ3n) is 4.93. The average molecular weight is 223 g/mol. The normalized spacial score (nSPS) is 41.9. The molecule has 4 atom stereocenters. The van der Waals surface area contributed by atoms with E-state index in [0.29, 0.717) is 17.7 Å². The van der Waals surface area contributed by atoms with Gasteiger partial charge in [-0.05, 0) is 43.9 Å². The van der Waals surface area contributed by atoms with E-state index in [4.69, 9.17) is 0 Å². The lowest BCUT2D eigenvalue weighted by Crippen LogP contribution is -2.42. The Bertz CT molecular complexity index is 284. The molecule has 1 amide bonds. The molecule has 1 aliphatic heterocycles. The van der Waals surface area contributed by atoms with E-state index in [1.807, 2.05) is 4.90 Å². The third-order valence-corrected chi connectivity index (χ3v) is 4.93. The Hall–Kier alpha value is -0.570. The van der Waals surface area contributed by atoms with Crippen LogP contribution in [0.5, 0.6) is 0 Å². The van der Waals surface area contributed by atoms with Crippen molar-refractivity contribution >= 4 is 5.91 Å². The van der Waals surface area contributed by atoms with E-state index < -0.39 is 0 Å². The van der Waals surface area contributed by atoms with Gasteiger partial charge >= 0.3 is 0 Å². The fraction of sp³-hybridized carbons (Fsp3) is 0.923. The molecular formula is C13H21NO2. The molecule has 16 heavy (non-hydrogen) atoms. The van der Waals surface area contributed by atoms with Crippen LogP contribution in [0.1, 0.15) is 38.5 Å². The number of fused-ring (bicyclic) bond motifs is 2. The summed E-state index contributed by atoms with van der Waals surface area (Å²) in [6, 6.07) is 0.117. The van der Waals surface area contributed by atoms with Crippen LogP contribution < -0.4 is 0 Å². The minimum absolute atomic E-state index is 0.117. The Balaban J connectivity index is 1.68. The summed E-state index contributed by atoms with van der Waals surface area (Å²) in [5, 5.41) is 9.27. The molecule has 2 aliphatic carbocycles. The number of carbonyl (C=O) groups excluding carboxylic acids is 1. The lowest BCUT2D eigenvalue weighted by atomic mass is 9.87. The number of likely N-dealkylation sites (tertiary alicyclic amines) is 1. The van der Waals surface area contributed by atoms with Crippen molar-refractivity contribution in [2.45, 2.75) is 44.6 Å². The second kappa shape index (κ2) is 4.02. The van der Waals surface area contributed by atoms with Crippen molar-refractivity contribution in [2.24, 2.45) is 17.8 Å². The van der Waals surface area contributed by atoms with Gasteiger partial charge in [-0.3, -0.25) is 4.79 Å². The number of aliphatic hydroxyl groups excluding tert-OH is 1. The van der Waals surface area contributed by atoms with Crippen LogP contribution in [0.2, 0.25) is 0 Å². The van der Waals surface area contributed by atoms with Crippen molar-refractivity contribution in [3.63, 3.8) is 0 Å². The van der Waals surface area contributed by atoms with Gasteiger partial charge in [-0.2, -0.15) is 0 Å². The second-order valence-electron chi connectivity index (χ2n) is 5.79. The van der Waals surface area contributed by atoms with Crippen LogP contribution in [0.3, 0.4) is 0 Å². The number of amides is 1. The summed E-state index contributed by atoms with van der Waals surface area (Å²) in [6.07, 6.45) is 7.07. The zero-order valence-corrected chi connectivity index (χ0v) is 9.77. The maximum Gasteiger partial charge on any atom is 0.226 e. The van der Waals surface area contributed by atoms with Crippen molar-refractivity contribution in [3.05, 3.63) is 0 Å². The van der Waals surface area contributed by atoms with E-state index in [0.717, 1.165) is 31.7 Å². The van der Waals surface area contributed by atoms with Gasteiger partial charge < -0.3 is 10.0 Å². The highest BCUT2D eigenvalue weighted by atomic mass is 16.3. The molecule has 1 N–H and O–H groups in total. The molecule has 0 spiro atoms. The number of carbonyl (C=O) groups is 1. The first kappa shape index (κ1) is 10.6. The molecule has 3 aliphatic rings. The van der Waals surface area contributed by atoms with Crippen molar-refractivity contribution < 1.29 is 9.90 Å². The van der Waals surface area contributed by atoms with Crippen molar-refractivity contribution in [2.75, 3.05) is 13.2 Å². The average Bonchev–Trinajstić information content (AvgIpc) is 3.02. The van der Waals surface area contributed by atoms with Crippen LogP contribution in [0.4, 0.5) is 0 Å². The molecule has 2 bridgehead atoms. The Labute approximate surface area is 96.8 Å². The molecule has 1 heterocycles. The van der Waals surface area contributed by atoms with Crippen LogP contribution in [-0.2, 0) is 4.79 Å². The van der Waals surface area contributed by atoms with E-state index in [-0.39, 0.29) is 12.6 Å². The minimum Gasteiger partial charge on any atom is -0.394 e. The van der Waals surface area contributed by atoms with Crippen molar-refractivity contribution in [3.8, 4) is 0 Å². The maximum absolute atomic E-state index is 12.4. The summed E-state index contributed by atoms with van der Waals surface area (Å²) in [4.78, 5) is 14.4. The molecule has 0 aromatic rings. The van der Waals surface area contributed by atoms with Gasteiger partial charge in [0, 0.05) is 12.5 Å². The summed E-state index contributed by atoms with van der Waals surface area (Å²) in [7, 11) is 0. The number of hydrogen-bond donors (Lipinski definition) is 1. The Morgan fingerprint density at radius 1 is 1.25 bits per heavy atom. The third kappa shape index (κ3) is 1.56. The highest BCUT2D eigenvalue weighted by Gasteiger charge is 2.45. The quantitative estimate of drug-likeness (QED) is 0.769. The zero-order valence-electron chi connectivity index (χ0n) is 9.77. The predicted molar refractivity (Wildman–Crippen MR) is 60.8 cm³/mol. The molecule has 2 saturated carbocycles. The summed E-state index contributed by atoms with van der Waals surface area (Å²) < 4.78 is 0. The lowest BCUT2D eigenvalue weighted by molar-refractivity contribution is -0.138. The van der Waals surface area contributed by atoms with Crippen molar-refractivity contribution in [1.29, 1.82) is 0 Å². The van der Waals surface area contributed by atoms with E-state index in [9.17, 15) is 9.90 Å². The first-order valence-electron chi connectivity index (χ1n) is 6.71. The molecule has 0 radical (unpaired) electrons. The maximum atomic E-state index is 12.4. The topological polar surface area (TPSA) is 40.5 Å². The lowest BCUT2D eigenvalue weighted by Gasteiger charge is -2.29. The standard InChI is InChI=1S/C13H21NO2/c15-8-11-2-1-5-14(11)13(16)12-7-9-3-4-10(12)6-9/h9-12,15H,1-8H2/t9?,10?,11-,12?/m1/s1. The molecule has 90 valence electrons. The minimum atomic E-state index is 0.117. The van der Waals surface area contributed by atoms with E-state index in [1.54, 1.807) is 0 Å². The van der Waals surface area contributed by atoms with Crippen LogP contribution in [-0.4, -0.2) is 35.1 Å². The Morgan fingerprint density at radius 2 is 2.12 bits per heavy atom. The molecular weight excluding hydrogens is 202 g/mol. The predicted octanol–water partition coefficient (Wildman–Crippen LogP) is 1.41. The number of aliphatic hydroxyl groups is 1. The van der Waals surface area contributed by atoms with E-state index >= 15 is 0 Å². The van der Waals surface area contributed by atoms with Crippen LogP contribution in [0, 0.1) is 17.8 Å². The van der Waals surface area contributed by atoms with Gasteiger partial charge in [0.05, 0.1) is 12.6 Å². The highest BCUT2D eigenvalue weighted by molar-refractivity contribution is 5.80. The van der Waals surface area contributed by atoms with Gasteiger partial charge in [-0.25, -0.2) is 0 Å². The molecule has 3 unspecified atom stereocenters. The fourth-order valence-electron chi connectivity index (χ4n) is 4.08. The second-order valence-corrected chi connectivity index (χ2v) is 5.79. The number of hydrogen-bond acceptors (Lipinski definition) is 2. The van der Waals surface area contributed by atoms with Gasteiger partial charge in [-0.15, -0.1) is 0 Å². The summed E-state index contributed by atoms with van der Waals surface area (Å²) in [6.45, 7) is 1.02. The van der Waals surface area contributed by atoms with Gasteiger partial charge in [0.1, 0.15) is 0 Å². The monoisotopic (exact) mass is 223 g/mol. The summed E-state index contributed by atoms with van der Waals surface area (Å²) >= 11 is 0. The smallest absolute Gasteiger partial charge is 0.226 e. The van der Waals surface area contributed by atoms with Crippen LogP contribution in [0.15, 0.2) is 0 Å². The Kier molecular flexibility index (Phi) is 2.66. The zero-order chi connectivity index (χ0) is 11.1. The molecule has 0 aromatic heterocycles. The summed E-state index contributed by atoms with van der Waals surface area (Å²) in [5.74, 6) is 2.14. The molecule has 1 saturated heterocycles. The van der Waals surface area contributed by atoms with Gasteiger partial charge in [0.2, 0.25) is 5.91 Å². The molecule has 3 fully saturated rings. The molecule has 3 heteroatoms. The first-order valence-corrected chi connectivity index (χ1v) is 6.71. The molecule has 3 rings (SSSR count). The molecule has 3 nitrogen and oxygen atoms in total. The number of rotatable bonds is 2. The SMILES string of the molecule is O=C(C1CC2CCC1C2)N1CCC[C@@H]1CO. The Morgan fingerprint density at radius 3 is 2.75 bits per heavy atom. The van der Waals surface area contributed by atoms with Gasteiger partial charge in [0.15, 0.2) is 0 Å². The number of nitrogens with zero attached hydrogens (tertiary/aromatic N) is 1. The highest BCUT2D eigenvalue weighted by Crippen LogP contribution is 2.49. The van der Waals surface area contributed by atoms with E-state index in [1.165, 1.54) is 19.3 Å². The fourth-order valence-corrected chi connectivity index (χ4v) is 4.08. The first-order chi connectivity index (χ1) is 7.79. The molecule has 0 aromatic carbocycles. The van der Waals surface area contributed by atoms with Crippen molar-refractivity contribution in [1.82, 2.24) is 4.90 Å². The summed E-state index contributed by atoms with van der Waals surface area (Å²) in [5.41, 5.74) is 0. The van der Waals surface area contributed by atoms with Crippen LogP contribution >= 0.6 is 0 Å². The van der Waals surface area contributed by atoms with Gasteiger partial charge in [0.25, 0.3) is 0 Å². The van der Waals surface area contributed by atoms with Crippen LogP contribution in [0.25, 0.3) is 0 Å². The van der Waals surface area contributed by atoms with Gasteiger partial charge in [-0.1, -0.05) is 6.42 Å². The largest absolute Gasteiger partial charge is 0.394 e. The van der Waals surface area contributed by atoms with E-state index in [2.05, 4.69) is 0 Å².